The molecule has 1 aromatic rings. The number of ether oxygens (including phenoxy) is 1. The Morgan fingerprint density at radius 2 is 2.22 bits per heavy atom. The number of carbonyl (C=O) groups is 1. The quantitative estimate of drug-likeness (QED) is 0.869. The summed E-state index contributed by atoms with van der Waals surface area (Å²) in [6, 6.07) is 7.94. The Morgan fingerprint density at radius 1 is 1.50 bits per heavy atom. The smallest absolute Gasteiger partial charge is 0.309 e. The molecule has 0 aliphatic carbocycles. The Hall–Kier alpha value is -1.51. The second-order valence-electron chi connectivity index (χ2n) is 5.37. The fourth-order valence-corrected chi connectivity index (χ4v) is 2.72. The van der Waals surface area contributed by atoms with Crippen molar-refractivity contribution in [1.29, 1.82) is 0 Å². The molecule has 1 aliphatic heterocycles. The first kappa shape index (κ1) is 12.9. The normalized spacial score (nSPS) is 20.9. The number of hydrogen-bond acceptors (Lipinski definition) is 2. The molecule has 0 aromatic heterocycles. The number of benzene rings is 1. The van der Waals surface area contributed by atoms with Crippen molar-refractivity contribution in [2.75, 3.05) is 0 Å². The van der Waals surface area contributed by atoms with Crippen LogP contribution in [0, 0.1) is 5.41 Å². The third-order valence-electron chi connectivity index (χ3n) is 3.71. The van der Waals surface area contributed by atoms with Gasteiger partial charge in [-0.15, -0.1) is 0 Å². The predicted octanol–water partition coefficient (Wildman–Crippen LogP) is 3.27. The van der Waals surface area contributed by atoms with Crippen LogP contribution in [0.1, 0.15) is 38.7 Å². The van der Waals surface area contributed by atoms with Gasteiger partial charge in [0.15, 0.2) is 0 Å². The molecule has 0 fully saturated rings. The summed E-state index contributed by atoms with van der Waals surface area (Å²) in [5, 5.41) is 9.39. The molecule has 3 nitrogen and oxygen atoms in total. The van der Waals surface area contributed by atoms with Gasteiger partial charge in [-0.3, -0.25) is 4.79 Å². The monoisotopic (exact) mass is 248 g/mol. The van der Waals surface area contributed by atoms with Crippen molar-refractivity contribution in [2.24, 2.45) is 5.41 Å². The van der Waals surface area contributed by atoms with E-state index in [9.17, 15) is 9.90 Å². The van der Waals surface area contributed by atoms with Crippen molar-refractivity contribution in [2.45, 2.75) is 45.6 Å². The van der Waals surface area contributed by atoms with Gasteiger partial charge in [0.25, 0.3) is 0 Å². The van der Waals surface area contributed by atoms with Gasteiger partial charge in [-0.1, -0.05) is 31.5 Å². The third kappa shape index (κ3) is 2.50. The lowest BCUT2D eigenvalue weighted by atomic mass is 9.80. The van der Waals surface area contributed by atoms with Crippen LogP contribution in [0.15, 0.2) is 24.3 Å². The zero-order valence-electron chi connectivity index (χ0n) is 11.0. The van der Waals surface area contributed by atoms with Gasteiger partial charge in [0.2, 0.25) is 0 Å². The van der Waals surface area contributed by atoms with E-state index in [1.807, 2.05) is 38.1 Å². The van der Waals surface area contributed by atoms with E-state index in [1.165, 1.54) is 5.56 Å². The molecule has 1 aliphatic rings. The summed E-state index contributed by atoms with van der Waals surface area (Å²) in [4.78, 5) is 11.4. The first-order valence-corrected chi connectivity index (χ1v) is 6.53. The zero-order valence-corrected chi connectivity index (χ0v) is 11.0. The van der Waals surface area contributed by atoms with Crippen LogP contribution in [0.3, 0.4) is 0 Å². The van der Waals surface area contributed by atoms with Gasteiger partial charge < -0.3 is 9.84 Å². The maximum Gasteiger partial charge on any atom is 0.309 e. The van der Waals surface area contributed by atoms with Gasteiger partial charge >= 0.3 is 5.97 Å². The second kappa shape index (κ2) is 5.01. The topological polar surface area (TPSA) is 46.5 Å². The lowest BCUT2D eigenvalue weighted by molar-refractivity contribution is -0.150. The van der Waals surface area contributed by atoms with Crippen LogP contribution in [0.25, 0.3) is 0 Å². The molecule has 3 heteroatoms. The second-order valence-corrected chi connectivity index (χ2v) is 5.37. The summed E-state index contributed by atoms with van der Waals surface area (Å²) in [5.74, 6) is 0.190. The number of carboxylic acid groups (broad SMARTS) is 1. The van der Waals surface area contributed by atoms with Gasteiger partial charge in [0.05, 0.1) is 5.41 Å². The molecule has 2 rings (SSSR count). The maximum atomic E-state index is 11.4. The van der Waals surface area contributed by atoms with Gasteiger partial charge in [-0.25, -0.2) is 0 Å². The largest absolute Gasteiger partial charge is 0.490 e. The summed E-state index contributed by atoms with van der Waals surface area (Å²) in [6.45, 7) is 3.84. The average Bonchev–Trinajstić information content (AvgIpc) is 2.70. The lowest BCUT2D eigenvalue weighted by Crippen LogP contribution is -2.33. The van der Waals surface area contributed by atoms with Gasteiger partial charge in [0.1, 0.15) is 11.9 Å². The summed E-state index contributed by atoms with van der Waals surface area (Å²) in [7, 11) is 0. The first-order chi connectivity index (χ1) is 8.55. The summed E-state index contributed by atoms with van der Waals surface area (Å²) < 4.78 is 5.84. The van der Waals surface area contributed by atoms with Crippen LogP contribution < -0.4 is 4.74 Å². The highest BCUT2D eigenvalue weighted by Gasteiger charge is 2.37. The SMILES string of the molecule is CCCC(C)(CC1Cc2ccccc2O1)C(=O)O. The van der Waals surface area contributed by atoms with Crippen molar-refractivity contribution in [3.05, 3.63) is 29.8 Å². The fourth-order valence-electron chi connectivity index (χ4n) is 2.72. The van der Waals surface area contributed by atoms with Crippen LogP contribution >= 0.6 is 0 Å². The van der Waals surface area contributed by atoms with Crippen molar-refractivity contribution in [3.63, 3.8) is 0 Å². The highest BCUT2D eigenvalue weighted by molar-refractivity contribution is 5.74. The minimum Gasteiger partial charge on any atom is -0.490 e. The number of aliphatic carboxylic acids is 1. The molecule has 0 radical (unpaired) electrons. The summed E-state index contributed by atoms with van der Waals surface area (Å²) in [6.07, 6.45) is 2.96. The number of fused-ring (bicyclic) bond motifs is 1. The van der Waals surface area contributed by atoms with Gasteiger partial charge in [-0.2, -0.15) is 0 Å². The average molecular weight is 248 g/mol. The molecule has 0 spiro atoms. The maximum absolute atomic E-state index is 11.4. The van der Waals surface area contributed by atoms with Crippen molar-refractivity contribution >= 4 is 5.97 Å². The number of rotatable bonds is 5. The van der Waals surface area contributed by atoms with E-state index in [1.54, 1.807) is 0 Å². The van der Waals surface area contributed by atoms with Crippen LogP contribution in [-0.4, -0.2) is 17.2 Å². The van der Waals surface area contributed by atoms with Gasteiger partial charge in [0, 0.05) is 12.8 Å². The van der Waals surface area contributed by atoms with Crippen molar-refractivity contribution in [1.82, 2.24) is 0 Å². The minimum atomic E-state index is -0.719. The molecule has 0 amide bonds. The number of carboxylic acids is 1. The van der Waals surface area contributed by atoms with E-state index < -0.39 is 11.4 Å². The molecule has 2 atom stereocenters. The van der Waals surface area contributed by atoms with Crippen molar-refractivity contribution < 1.29 is 14.6 Å². The lowest BCUT2D eigenvalue weighted by Gasteiger charge is -2.27. The third-order valence-corrected chi connectivity index (χ3v) is 3.71. The number of para-hydroxylation sites is 1. The molecular formula is C15H20O3. The molecule has 2 unspecified atom stereocenters. The Balaban J connectivity index is 2.06. The molecule has 18 heavy (non-hydrogen) atoms. The highest BCUT2D eigenvalue weighted by atomic mass is 16.5. The van der Waals surface area contributed by atoms with E-state index in [-0.39, 0.29) is 6.10 Å². The van der Waals surface area contributed by atoms with E-state index in [0.29, 0.717) is 12.8 Å². The first-order valence-electron chi connectivity index (χ1n) is 6.53. The number of hydrogen-bond donors (Lipinski definition) is 1. The predicted molar refractivity (Wildman–Crippen MR) is 69.8 cm³/mol. The van der Waals surface area contributed by atoms with Crippen LogP contribution in [0.5, 0.6) is 5.75 Å². The molecule has 0 bridgehead atoms. The van der Waals surface area contributed by atoms with Crippen molar-refractivity contribution in [3.8, 4) is 5.75 Å². The van der Waals surface area contributed by atoms with E-state index in [0.717, 1.165) is 18.6 Å². The zero-order chi connectivity index (χ0) is 13.2. The molecule has 0 saturated carbocycles. The fraction of sp³-hybridized carbons (Fsp3) is 0.533. The summed E-state index contributed by atoms with van der Waals surface area (Å²) >= 11 is 0. The molecule has 1 N–H and O–H groups in total. The summed E-state index contributed by atoms with van der Waals surface area (Å²) in [5.41, 5.74) is 0.508. The Kier molecular flexibility index (Phi) is 3.60. The van der Waals surface area contributed by atoms with Gasteiger partial charge in [-0.05, 0) is 25.0 Å². The van der Waals surface area contributed by atoms with E-state index >= 15 is 0 Å². The molecule has 1 heterocycles. The Labute approximate surface area is 108 Å². The molecule has 0 saturated heterocycles. The minimum absolute atomic E-state index is 0.00458. The van der Waals surface area contributed by atoms with Crippen LogP contribution in [0.4, 0.5) is 0 Å². The van der Waals surface area contributed by atoms with Crippen LogP contribution in [-0.2, 0) is 11.2 Å². The van der Waals surface area contributed by atoms with E-state index in [2.05, 4.69) is 0 Å². The molecule has 98 valence electrons. The van der Waals surface area contributed by atoms with Crippen LogP contribution in [0.2, 0.25) is 0 Å². The van der Waals surface area contributed by atoms with E-state index in [4.69, 9.17) is 4.74 Å². The highest BCUT2D eigenvalue weighted by Crippen LogP contribution is 2.36. The molecule has 1 aromatic carbocycles. The molecular weight excluding hydrogens is 228 g/mol. The Bertz CT molecular complexity index is 416. The standard InChI is InChI=1S/C15H20O3/c1-3-8-15(2,14(16)17)10-12-9-11-6-4-5-7-13(11)18-12/h4-7,12H,3,8-10H2,1-2H3,(H,16,17). The Morgan fingerprint density at radius 3 is 2.83 bits per heavy atom.